The maximum Gasteiger partial charge on any atom is 0.410 e. The molecule has 0 unspecified atom stereocenters. The van der Waals surface area contributed by atoms with Crippen molar-refractivity contribution >= 4 is 12.8 Å². The number of ether oxygens (including phenoxy) is 1. The largest absolute Gasteiger partial charge is 0.445 e. The number of allylic oxidation sites excluding steroid dienone is 2. The summed E-state index contributed by atoms with van der Waals surface area (Å²) in [7, 11) is 0. The molecule has 1 saturated heterocycles. The second-order valence-corrected chi connectivity index (χ2v) is 17.4. The Kier molecular flexibility index (Phi) is 8.62. The molecular weight excluding hydrogens is 556 g/mol. The average Bonchev–Trinajstić information content (AvgIpc) is 3.24. The lowest BCUT2D eigenvalue weighted by atomic mass is 9.42. The van der Waals surface area contributed by atoms with Gasteiger partial charge in [-0.25, -0.2) is 4.79 Å². The standard InChI is InChI=1S/C40H60N2O3/c1-26-20-33(43)35(42(24-26)36(44)45-25-29-12-10-9-11-13-29)28(3)37(4)16-15-32-31(27(2)22-37)21-34-39(32,6)19-18-38(5)23-30(41-8)14-17-40(34,38)7/h9-13,26,28,30,32-35,43H,8,14-25H2,1-7H3/t26-,28+,30+,32+,33+,34-,35-,37+,38+,39-,40+/m0/s1. The van der Waals surface area contributed by atoms with Crippen molar-refractivity contribution in [3.8, 4) is 0 Å². The van der Waals surface area contributed by atoms with E-state index in [1.165, 1.54) is 44.9 Å². The zero-order chi connectivity index (χ0) is 32.4. The highest BCUT2D eigenvalue weighted by Gasteiger charge is 2.65. The molecule has 5 nitrogen and oxygen atoms in total. The third-order valence-electron chi connectivity index (χ3n) is 14.9. The number of amides is 1. The van der Waals surface area contributed by atoms with Crippen molar-refractivity contribution in [3.63, 3.8) is 0 Å². The average molecular weight is 617 g/mol. The number of nitrogens with zero attached hydrogens (tertiary/aromatic N) is 2. The number of carbonyl (C=O) groups excluding carboxylic acids is 1. The first-order chi connectivity index (χ1) is 21.2. The Bertz CT molecular complexity index is 1310. The molecular formula is C40H60N2O3. The summed E-state index contributed by atoms with van der Waals surface area (Å²) in [5, 5.41) is 11.6. The molecule has 5 heteroatoms. The van der Waals surface area contributed by atoms with Crippen LogP contribution < -0.4 is 0 Å². The third-order valence-corrected chi connectivity index (χ3v) is 14.9. The molecule has 1 N–H and O–H groups in total. The minimum atomic E-state index is -0.543. The number of hydrogen-bond acceptors (Lipinski definition) is 4. The van der Waals surface area contributed by atoms with Crippen molar-refractivity contribution in [1.82, 2.24) is 4.90 Å². The van der Waals surface area contributed by atoms with Gasteiger partial charge in [0, 0.05) is 12.6 Å². The number of likely N-dealkylation sites (tertiary alicyclic amines) is 1. The number of aliphatic imine (C=N–C) groups is 1. The lowest BCUT2D eigenvalue weighted by Gasteiger charge is -2.63. The zero-order valence-electron chi connectivity index (χ0n) is 29.3. The summed E-state index contributed by atoms with van der Waals surface area (Å²) in [6, 6.07) is 10.1. The monoisotopic (exact) mass is 616 g/mol. The summed E-state index contributed by atoms with van der Waals surface area (Å²) in [4.78, 5) is 20.1. The first-order valence-corrected chi connectivity index (χ1v) is 18.0. The topological polar surface area (TPSA) is 62.1 Å². The first kappa shape index (κ1) is 32.8. The van der Waals surface area contributed by atoms with Gasteiger partial charge < -0.3 is 14.7 Å². The van der Waals surface area contributed by atoms with Gasteiger partial charge in [-0.15, -0.1) is 0 Å². The van der Waals surface area contributed by atoms with Gasteiger partial charge in [-0.2, -0.15) is 0 Å². The fourth-order valence-electron chi connectivity index (χ4n) is 11.8. The van der Waals surface area contributed by atoms with E-state index in [1.54, 1.807) is 11.1 Å². The van der Waals surface area contributed by atoms with E-state index in [9.17, 15) is 9.90 Å². The van der Waals surface area contributed by atoms with Crippen LogP contribution in [0.25, 0.3) is 0 Å². The van der Waals surface area contributed by atoms with E-state index in [2.05, 4.69) is 60.2 Å². The van der Waals surface area contributed by atoms with Crippen LogP contribution in [0.5, 0.6) is 0 Å². The van der Waals surface area contributed by atoms with Gasteiger partial charge in [-0.1, -0.05) is 83.0 Å². The number of piperidine rings is 1. The summed E-state index contributed by atoms with van der Waals surface area (Å²) in [6.45, 7) is 22.0. The fourth-order valence-corrected chi connectivity index (χ4v) is 11.8. The Hall–Kier alpha value is -2.14. The molecule has 11 atom stereocenters. The molecule has 1 aliphatic heterocycles. The summed E-state index contributed by atoms with van der Waals surface area (Å²) in [5.74, 6) is 1.75. The number of aliphatic hydroxyl groups excluding tert-OH is 1. The minimum absolute atomic E-state index is 0.00175. The second kappa shape index (κ2) is 11.8. The molecule has 0 bridgehead atoms. The number of rotatable bonds is 5. The lowest BCUT2D eigenvalue weighted by Crippen LogP contribution is -2.59. The van der Waals surface area contributed by atoms with E-state index in [4.69, 9.17) is 4.74 Å². The van der Waals surface area contributed by atoms with Gasteiger partial charge in [0.2, 0.25) is 0 Å². The molecule has 4 aliphatic carbocycles. The molecule has 1 heterocycles. The van der Waals surface area contributed by atoms with Crippen LogP contribution in [0.2, 0.25) is 0 Å². The summed E-state index contributed by atoms with van der Waals surface area (Å²) < 4.78 is 5.88. The van der Waals surface area contributed by atoms with Crippen molar-refractivity contribution in [1.29, 1.82) is 0 Å². The SMILES string of the molecule is C=N[C@@H]1CC[C@]2(C)[C@H]3CC4=C(C)C[C@](C)([C@H](C)[C@H]5[C@H](O)C[C@H](C)CN5C(=O)OCc5ccccc5)CC[C@H]4[C@]3(C)CC[C@]2(C)C1. The van der Waals surface area contributed by atoms with Crippen LogP contribution >= 0.6 is 0 Å². The summed E-state index contributed by atoms with van der Waals surface area (Å²) >= 11 is 0. The Morgan fingerprint density at radius 2 is 1.84 bits per heavy atom. The van der Waals surface area contributed by atoms with Gasteiger partial charge in [0.1, 0.15) is 6.61 Å². The maximum atomic E-state index is 13.6. The number of fused-ring (bicyclic) bond motifs is 5. The molecule has 0 aromatic heterocycles. The van der Waals surface area contributed by atoms with E-state index in [-0.39, 0.29) is 36.0 Å². The van der Waals surface area contributed by atoms with Crippen LogP contribution in [0.4, 0.5) is 4.79 Å². The molecule has 5 aliphatic rings. The number of benzene rings is 1. The summed E-state index contributed by atoms with van der Waals surface area (Å²) in [6.07, 6.45) is 10.8. The molecule has 0 spiro atoms. The zero-order valence-corrected chi connectivity index (χ0v) is 29.3. The fraction of sp³-hybridized carbons (Fsp3) is 0.750. The lowest BCUT2D eigenvalue weighted by molar-refractivity contribution is -0.137. The van der Waals surface area contributed by atoms with Gasteiger partial charge in [0.05, 0.1) is 12.1 Å². The predicted molar refractivity (Wildman–Crippen MR) is 183 cm³/mol. The molecule has 0 radical (unpaired) electrons. The normalized spacial score (nSPS) is 43.9. The Morgan fingerprint density at radius 1 is 1.11 bits per heavy atom. The van der Waals surface area contributed by atoms with E-state index in [0.29, 0.717) is 34.7 Å². The molecule has 1 aromatic carbocycles. The highest BCUT2D eigenvalue weighted by molar-refractivity contribution is 5.68. The quantitative estimate of drug-likeness (QED) is 0.265. The van der Waals surface area contributed by atoms with E-state index in [0.717, 1.165) is 30.7 Å². The maximum absolute atomic E-state index is 13.6. The van der Waals surface area contributed by atoms with E-state index >= 15 is 0 Å². The molecule has 248 valence electrons. The molecule has 45 heavy (non-hydrogen) atoms. The first-order valence-electron chi connectivity index (χ1n) is 18.0. The van der Waals surface area contributed by atoms with Gasteiger partial charge in [0.15, 0.2) is 0 Å². The van der Waals surface area contributed by atoms with Crippen molar-refractivity contribution in [2.45, 2.75) is 137 Å². The van der Waals surface area contributed by atoms with Crippen LogP contribution in [0.3, 0.4) is 0 Å². The van der Waals surface area contributed by atoms with Gasteiger partial charge in [-0.05, 0) is 129 Å². The molecule has 4 fully saturated rings. The molecule has 6 rings (SSSR count). The second-order valence-electron chi connectivity index (χ2n) is 17.4. The van der Waals surface area contributed by atoms with Crippen LogP contribution in [0, 0.1) is 45.3 Å². The van der Waals surface area contributed by atoms with Gasteiger partial charge >= 0.3 is 6.09 Å². The van der Waals surface area contributed by atoms with Crippen molar-refractivity contribution < 1.29 is 14.6 Å². The van der Waals surface area contributed by atoms with Crippen LogP contribution in [-0.4, -0.2) is 47.5 Å². The summed E-state index contributed by atoms with van der Waals surface area (Å²) in [5.41, 5.74) is 5.35. The molecule has 1 aromatic rings. The van der Waals surface area contributed by atoms with Crippen molar-refractivity contribution in [2.75, 3.05) is 6.54 Å². The Balaban J connectivity index is 1.24. The van der Waals surface area contributed by atoms with Crippen LogP contribution in [0.1, 0.15) is 118 Å². The highest BCUT2D eigenvalue weighted by Crippen LogP contribution is 2.73. The Labute approximate surface area is 273 Å². The van der Waals surface area contributed by atoms with Crippen molar-refractivity contribution in [3.05, 3.63) is 47.0 Å². The van der Waals surface area contributed by atoms with Crippen molar-refractivity contribution in [2.24, 2.45) is 50.3 Å². The van der Waals surface area contributed by atoms with E-state index < -0.39 is 6.10 Å². The predicted octanol–water partition coefficient (Wildman–Crippen LogP) is 9.24. The van der Waals surface area contributed by atoms with Crippen LogP contribution in [-0.2, 0) is 11.3 Å². The number of hydrogen-bond donors (Lipinski definition) is 1. The Morgan fingerprint density at radius 3 is 2.56 bits per heavy atom. The van der Waals surface area contributed by atoms with Gasteiger partial charge in [-0.3, -0.25) is 4.99 Å². The number of aliphatic hydroxyl groups is 1. The van der Waals surface area contributed by atoms with Crippen LogP contribution in [0.15, 0.2) is 46.5 Å². The molecule has 1 amide bonds. The highest BCUT2D eigenvalue weighted by atomic mass is 16.6. The number of carbonyl (C=O) groups is 1. The third kappa shape index (κ3) is 5.41. The van der Waals surface area contributed by atoms with E-state index in [1.807, 2.05) is 35.2 Å². The minimum Gasteiger partial charge on any atom is -0.445 e. The smallest absolute Gasteiger partial charge is 0.410 e. The van der Waals surface area contributed by atoms with Gasteiger partial charge in [0.25, 0.3) is 0 Å². The molecule has 3 saturated carbocycles.